The number of benzene rings is 2. The van der Waals surface area contributed by atoms with Crippen molar-refractivity contribution >= 4 is 33.8 Å². The number of hydrogen-bond acceptors (Lipinski definition) is 7. The molecular formula is C19H16N4O4S. The fraction of sp³-hybridized carbons (Fsp3) is 0.0526. The number of nitrogens with zero attached hydrogens (tertiary/aromatic N) is 2. The smallest absolute Gasteiger partial charge is 0.264 e. The molecule has 0 saturated heterocycles. The minimum atomic E-state index is -3.81. The van der Waals surface area contributed by atoms with Crippen LogP contribution in [0.4, 0.5) is 11.6 Å². The van der Waals surface area contributed by atoms with E-state index in [2.05, 4.69) is 14.7 Å². The van der Waals surface area contributed by atoms with Gasteiger partial charge in [-0.1, -0.05) is 12.1 Å². The SMILES string of the molecule is Nc1ccc(S(=O)(=O)Nc2nccc(C=Cc3ccc4c(c3)OCO4)n2)cc1. The second-order valence-corrected chi connectivity index (χ2v) is 7.61. The summed E-state index contributed by atoms with van der Waals surface area (Å²) in [6, 6.07) is 13.1. The minimum Gasteiger partial charge on any atom is -0.454 e. The predicted octanol–water partition coefficient (Wildman–Crippen LogP) is 2.76. The Balaban J connectivity index is 1.52. The van der Waals surface area contributed by atoms with Crippen molar-refractivity contribution in [1.29, 1.82) is 0 Å². The van der Waals surface area contributed by atoms with Crippen molar-refractivity contribution in [1.82, 2.24) is 9.97 Å². The van der Waals surface area contributed by atoms with Crippen molar-refractivity contribution in [2.45, 2.75) is 4.90 Å². The normalized spacial score (nSPS) is 13.0. The Labute approximate surface area is 161 Å². The van der Waals surface area contributed by atoms with Crippen LogP contribution in [0.25, 0.3) is 12.2 Å². The van der Waals surface area contributed by atoms with Gasteiger partial charge in [0.15, 0.2) is 11.5 Å². The lowest BCUT2D eigenvalue weighted by Crippen LogP contribution is -2.15. The van der Waals surface area contributed by atoms with E-state index in [4.69, 9.17) is 15.2 Å². The van der Waals surface area contributed by atoms with E-state index in [-0.39, 0.29) is 17.6 Å². The molecular weight excluding hydrogens is 380 g/mol. The first-order valence-corrected chi connectivity index (χ1v) is 9.77. The zero-order valence-corrected chi connectivity index (χ0v) is 15.4. The molecule has 142 valence electrons. The van der Waals surface area contributed by atoms with Gasteiger partial charge in [0.1, 0.15) is 0 Å². The third-order valence-electron chi connectivity index (χ3n) is 3.94. The van der Waals surface area contributed by atoms with Crippen LogP contribution in [-0.2, 0) is 10.0 Å². The molecule has 9 heteroatoms. The standard InChI is InChI=1S/C19H16N4O4S/c20-14-3-6-16(7-4-14)28(24,25)23-19-21-10-9-15(22-19)5-1-13-2-8-17-18(11-13)27-12-26-17/h1-11H,12,20H2,(H,21,22,23). The van der Waals surface area contributed by atoms with E-state index in [1.807, 2.05) is 24.3 Å². The molecule has 2 heterocycles. The molecule has 8 nitrogen and oxygen atoms in total. The zero-order chi connectivity index (χ0) is 19.6. The van der Waals surface area contributed by atoms with Gasteiger partial charge in [0, 0.05) is 11.9 Å². The van der Waals surface area contributed by atoms with Crippen LogP contribution in [0.2, 0.25) is 0 Å². The summed E-state index contributed by atoms with van der Waals surface area (Å²) in [6.07, 6.45) is 5.07. The van der Waals surface area contributed by atoms with Crippen molar-refractivity contribution in [3.63, 3.8) is 0 Å². The van der Waals surface area contributed by atoms with Crippen LogP contribution in [0.5, 0.6) is 11.5 Å². The molecule has 0 spiro atoms. The molecule has 1 aromatic heterocycles. The Morgan fingerprint density at radius 1 is 1.00 bits per heavy atom. The quantitative estimate of drug-likeness (QED) is 0.637. The van der Waals surface area contributed by atoms with Crippen molar-refractivity contribution < 1.29 is 17.9 Å². The van der Waals surface area contributed by atoms with Gasteiger partial charge < -0.3 is 15.2 Å². The Hall–Kier alpha value is -3.59. The molecule has 0 atom stereocenters. The van der Waals surface area contributed by atoms with Crippen molar-refractivity contribution in [3.05, 3.63) is 66.0 Å². The highest BCUT2D eigenvalue weighted by molar-refractivity contribution is 7.92. The maximum atomic E-state index is 12.4. The minimum absolute atomic E-state index is 0.0235. The van der Waals surface area contributed by atoms with Gasteiger partial charge in [-0.05, 0) is 54.1 Å². The number of nitrogens with two attached hydrogens (primary N) is 1. The lowest BCUT2D eigenvalue weighted by molar-refractivity contribution is 0.174. The monoisotopic (exact) mass is 396 g/mol. The van der Waals surface area contributed by atoms with E-state index < -0.39 is 10.0 Å². The average Bonchev–Trinajstić information content (AvgIpc) is 3.14. The average molecular weight is 396 g/mol. The number of nitrogens with one attached hydrogen (secondary N) is 1. The molecule has 3 N–H and O–H groups in total. The predicted molar refractivity (Wildman–Crippen MR) is 105 cm³/mol. The Morgan fingerprint density at radius 3 is 2.61 bits per heavy atom. The topological polar surface area (TPSA) is 116 Å². The lowest BCUT2D eigenvalue weighted by Gasteiger charge is -2.07. The van der Waals surface area contributed by atoms with E-state index in [1.165, 1.54) is 30.5 Å². The van der Waals surface area contributed by atoms with Gasteiger partial charge in [-0.15, -0.1) is 0 Å². The Kier molecular flexibility index (Phi) is 4.58. The summed E-state index contributed by atoms with van der Waals surface area (Å²) in [5.41, 5.74) is 7.51. The summed E-state index contributed by atoms with van der Waals surface area (Å²) >= 11 is 0. The van der Waals surface area contributed by atoms with Gasteiger partial charge in [0.2, 0.25) is 12.7 Å². The number of sulfonamides is 1. The second kappa shape index (κ2) is 7.20. The van der Waals surface area contributed by atoms with Gasteiger partial charge in [0.05, 0.1) is 10.6 Å². The number of ether oxygens (including phenoxy) is 2. The van der Waals surface area contributed by atoms with Gasteiger partial charge in [0.25, 0.3) is 10.0 Å². The molecule has 0 saturated carbocycles. The molecule has 1 aliphatic heterocycles. The Morgan fingerprint density at radius 2 is 1.79 bits per heavy atom. The number of aromatic nitrogens is 2. The maximum Gasteiger partial charge on any atom is 0.264 e. The molecule has 1 aliphatic rings. The summed E-state index contributed by atoms with van der Waals surface area (Å²) in [4.78, 5) is 8.27. The summed E-state index contributed by atoms with van der Waals surface area (Å²) < 4.78 is 37.9. The fourth-order valence-electron chi connectivity index (χ4n) is 2.54. The van der Waals surface area contributed by atoms with Crippen LogP contribution in [0, 0.1) is 0 Å². The second-order valence-electron chi connectivity index (χ2n) is 5.93. The van der Waals surface area contributed by atoms with Crippen LogP contribution in [0.3, 0.4) is 0 Å². The van der Waals surface area contributed by atoms with Gasteiger partial charge in [-0.3, -0.25) is 0 Å². The number of rotatable bonds is 5. The molecule has 3 aromatic rings. The first-order chi connectivity index (χ1) is 13.5. The molecule has 0 bridgehead atoms. The van der Waals surface area contributed by atoms with Gasteiger partial charge in [-0.2, -0.15) is 0 Å². The van der Waals surface area contributed by atoms with Crippen LogP contribution in [-0.4, -0.2) is 25.2 Å². The highest BCUT2D eigenvalue weighted by atomic mass is 32.2. The largest absolute Gasteiger partial charge is 0.454 e. The molecule has 0 fully saturated rings. The molecule has 0 aliphatic carbocycles. The van der Waals surface area contributed by atoms with E-state index in [0.717, 1.165) is 5.56 Å². The van der Waals surface area contributed by atoms with Crippen LogP contribution < -0.4 is 19.9 Å². The third-order valence-corrected chi connectivity index (χ3v) is 5.28. The molecule has 28 heavy (non-hydrogen) atoms. The van der Waals surface area contributed by atoms with Crippen molar-refractivity contribution in [2.24, 2.45) is 0 Å². The summed E-state index contributed by atoms with van der Waals surface area (Å²) in [7, 11) is -3.81. The number of fused-ring (bicyclic) bond motifs is 1. The number of nitrogen functional groups attached to an aromatic ring is 1. The van der Waals surface area contributed by atoms with Crippen LogP contribution >= 0.6 is 0 Å². The first kappa shape index (κ1) is 17.8. The summed E-state index contributed by atoms with van der Waals surface area (Å²) in [5.74, 6) is 1.37. The Bertz CT molecular complexity index is 1140. The highest BCUT2D eigenvalue weighted by Crippen LogP contribution is 2.32. The van der Waals surface area contributed by atoms with Gasteiger partial charge in [-0.25, -0.2) is 23.1 Å². The first-order valence-electron chi connectivity index (χ1n) is 8.29. The van der Waals surface area contributed by atoms with Crippen LogP contribution in [0.15, 0.2) is 59.6 Å². The molecule has 0 radical (unpaired) electrons. The number of hydrogen-bond donors (Lipinski definition) is 2. The molecule has 2 aromatic carbocycles. The number of anilines is 2. The zero-order valence-electron chi connectivity index (χ0n) is 14.6. The van der Waals surface area contributed by atoms with Crippen molar-refractivity contribution in [3.8, 4) is 11.5 Å². The highest BCUT2D eigenvalue weighted by Gasteiger charge is 2.15. The van der Waals surface area contributed by atoms with Gasteiger partial charge >= 0.3 is 0 Å². The third kappa shape index (κ3) is 3.89. The van der Waals surface area contributed by atoms with Crippen molar-refractivity contribution in [2.75, 3.05) is 17.2 Å². The molecule has 4 rings (SSSR count). The maximum absolute atomic E-state index is 12.4. The molecule has 0 amide bonds. The van der Waals surface area contributed by atoms with E-state index in [0.29, 0.717) is 22.9 Å². The van der Waals surface area contributed by atoms with E-state index >= 15 is 0 Å². The summed E-state index contributed by atoms with van der Waals surface area (Å²) in [6.45, 7) is 0.214. The lowest BCUT2D eigenvalue weighted by atomic mass is 10.2. The summed E-state index contributed by atoms with van der Waals surface area (Å²) in [5, 5.41) is 0. The van der Waals surface area contributed by atoms with E-state index in [1.54, 1.807) is 12.1 Å². The fourth-order valence-corrected chi connectivity index (χ4v) is 3.49. The van der Waals surface area contributed by atoms with E-state index in [9.17, 15) is 8.42 Å². The molecule has 0 unspecified atom stereocenters. The van der Waals surface area contributed by atoms with Crippen LogP contribution in [0.1, 0.15) is 11.3 Å².